The summed E-state index contributed by atoms with van der Waals surface area (Å²) >= 11 is 18.2. The van der Waals surface area contributed by atoms with Gasteiger partial charge in [-0.25, -0.2) is 0 Å². The van der Waals surface area contributed by atoms with E-state index in [1.165, 1.54) is 5.56 Å². The quantitative estimate of drug-likeness (QED) is 0.589. The number of hydrogen-bond acceptors (Lipinski definition) is 1. The van der Waals surface area contributed by atoms with Crippen LogP contribution in [0.3, 0.4) is 0 Å². The van der Waals surface area contributed by atoms with Gasteiger partial charge in [-0.3, -0.25) is 4.79 Å². The molecule has 5 heteroatoms. The molecule has 1 aromatic heterocycles. The van der Waals surface area contributed by atoms with Crippen LogP contribution in [0.25, 0.3) is 0 Å². The van der Waals surface area contributed by atoms with Crippen molar-refractivity contribution in [2.75, 3.05) is 0 Å². The predicted molar refractivity (Wildman–Crippen MR) is 105 cm³/mol. The van der Waals surface area contributed by atoms with E-state index in [-0.39, 0.29) is 17.6 Å². The largest absolute Gasteiger partial charge is 0.343 e. The predicted octanol–water partition coefficient (Wildman–Crippen LogP) is 5.91. The second-order valence-electron chi connectivity index (χ2n) is 7.69. The lowest BCUT2D eigenvalue weighted by molar-refractivity contribution is 0.0909. The van der Waals surface area contributed by atoms with Crippen molar-refractivity contribution in [1.29, 1.82) is 0 Å². The van der Waals surface area contributed by atoms with E-state index in [0.717, 1.165) is 35.5 Å². The molecule has 0 saturated heterocycles. The highest BCUT2D eigenvalue weighted by Crippen LogP contribution is 2.42. The van der Waals surface area contributed by atoms with Crippen LogP contribution in [0.5, 0.6) is 0 Å². The number of Topliss-reactive ketones (excluding diaryl/α,β-unsaturated/α-hetero) is 1. The highest BCUT2D eigenvalue weighted by Gasteiger charge is 2.38. The van der Waals surface area contributed by atoms with E-state index in [4.69, 9.17) is 34.8 Å². The van der Waals surface area contributed by atoms with Crippen LogP contribution in [0.4, 0.5) is 0 Å². The van der Waals surface area contributed by atoms with Crippen LogP contribution < -0.4 is 0 Å². The summed E-state index contributed by atoms with van der Waals surface area (Å²) in [5, 5.41) is 0. The molecule has 2 nitrogen and oxygen atoms in total. The van der Waals surface area contributed by atoms with Crippen LogP contribution in [-0.2, 0) is 19.4 Å². The van der Waals surface area contributed by atoms with E-state index in [2.05, 4.69) is 30.5 Å². The smallest absolute Gasteiger partial charge is 0.194 e. The van der Waals surface area contributed by atoms with Crippen LogP contribution in [0, 0.1) is 12.3 Å². The number of hydrogen-bond donors (Lipinski definition) is 0. The van der Waals surface area contributed by atoms with Gasteiger partial charge in [-0.05, 0) is 29.9 Å². The van der Waals surface area contributed by atoms with Gasteiger partial charge < -0.3 is 4.57 Å². The zero-order chi connectivity index (χ0) is 18.4. The van der Waals surface area contributed by atoms with Gasteiger partial charge in [0.25, 0.3) is 0 Å². The van der Waals surface area contributed by atoms with E-state index < -0.39 is 3.79 Å². The summed E-state index contributed by atoms with van der Waals surface area (Å²) < 4.78 is 0.819. The third kappa shape index (κ3) is 4.07. The Hall–Kier alpha value is -0.960. The van der Waals surface area contributed by atoms with Crippen molar-refractivity contribution < 1.29 is 4.79 Å². The summed E-state index contributed by atoms with van der Waals surface area (Å²) in [7, 11) is 0. The summed E-state index contributed by atoms with van der Waals surface area (Å²) in [5.41, 5.74) is 4.89. The molecule has 0 fully saturated rings. The van der Waals surface area contributed by atoms with Crippen molar-refractivity contribution in [1.82, 2.24) is 4.57 Å². The molecule has 3 rings (SSSR count). The second kappa shape index (κ2) is 6.64. The van der Waals surface area contributed by atoms with Gasteiger partial charge in [0.15, 0.2) is 9.58 Å². The molecule has 0 bridgehead atoms. The lowest BCUT2D eigenvalue weighted by Crippen LogP contribution is -2.29. The van der Waals surface area contributed by atoms with E-state index in [1.54, 1.807) is 0 Å². The molecule has 1 aliphatic rings. The molecule has 0 radical (unpaired) electrons. The monoisotopic (exact) mass is 397 g/mol. The number of nitrogens with zero attached hydrogens (tertiary/aromatic N) is 1. The molecule has 134 valence electrons. The highest BCUT2D eigenvalue weighted by molar-refractivity contribution is 6.67. The Bertz CT molecular complexity index is 801. The van der Waals surface area contributed by atoms with E-state index in [1.807, 2.05) is 25.1 Å². The number of alkyl halides is 3. The Kier molecular flexibility index (Phi) is 5.00. The maximum atomic E-state index is 12.9. The minimum atomic E-state index is -1.41. The summed E-state index contributed by atoms with van der Waals surface area (Å²) in [6.07, 6.45) is 1.63. The fourth-order valence-corrected chi connectivity index (χ4v) is 4.20. The van der Waals surface area contributed by atoms with Crippen molar-refractivity contribution in [3.05, 3.63) is 58.4 Å². The Morgan fingerprint density at radius 1 is 1.12 bits per heavy atom. The minimum absolute atomic E-state index is 0.0550. The van der Waals surface area contributed by atoms with Gasteiger partial charge in [-0.15, -0.1) is 0 Å². The van der Waals surface area contributed by atoms with Crippen LogP contribution in [0.1, 0.15) is 53.1 Å². The molecule has 0 saturated carbocycles. The molecule has 0 unspecified atom stereocenters. The van der Waals surface area contributed by atoms with Gasteiger partial charge in [0.1, 0.15) is 0 Å². The molecular weight excluding hydrogens is 377 g/mol. The van der Waals surface area contributed by atoms with Crippen LogP contribution in [0.2, 0.25) is 0 Å². The summed E-state index contributed by atoms with van der Waals surface area (Å²) in [6, 6.07) is 10.2. The van der Waals surface area contributed by atoms with Crippen LogP contribution in [0.15, 0.2) is 30.3 Å². The van der Waals surface area contributed by atoms with Crippen molar-refractivity contribution in [2.45, 2.75) is 50.4 Å². The molecule has 2 aromatic rings. The average Bonchev–Trinajstić information content (AvgIpc) is 2.71. The van der Waals surface area contributed by atoms with Crippen molar-refractivity contribution >= 4 is 40.6 Å². The highest BCUT2D eigenvalue weighted by atomic mass is 35.6. The maximum Gasteiger partial charge on any atom is 0.194 e. The lowest BCUT2D eigenvalue weighted by Gasteiger charge is -2.30. The molecular formula is C20H22Cl3NO. The first kappa shape index (κ1) is 18.8. The molecule has 1 aromatic carbocycles. The Labute approximate surface area is 164 Å². The number of carbonyl (C=O) groups is 1. The first-order valence-electron chi connectivity index (χ1n) is 8.42. The molecule has 25 heavy (non-hydrogen) atoms. The normalized spacial score (nSPS) is 16.8. The Morgan fingerprint density at radius 2 is 1.76 bits per heavy atom. The number of ketones is 1. The van der Waals surface area contributed by atoms with Gasteiger partial charge in [-0.2, -0.15) is 0 Å². The standard InChI is InChI=1S/C20H22Cl3NO/c1-13-15(9-20(21,22)23)18-16(10-19(2,3)11-17(18)25)24(13)12-14-7-5-4-6-8-14/h4-8H,9-12H2,1-3H3. The van der Waals surface area contributed by atoms with E-state index >= 15 is 0 Å². The van der Waals surface area contributed by atoms with Gasteiger partial charge in [0.2, 0.25) is 0 Å². The second-order valence-corrected chi connectivity index (χ2v) is 10.2. The molecule has 0 spiro atoms. The van der Waals surface area contributed by atoms with Gasteiger partial charge >= 0.3 is 0 Å². The van der Waals surface area contributed by atoms with Crippen LogP contribution in [-0.4, -0.2) is 14.1 Å². The summed E-state index contributed by atoms with van der Waals surface area (Å²) in [5.74, 6) is 0.158. The topological polar surface area (TPSA) is 22.0 Å². The summed E-state index contributed by atoms with van der Waals surface area (Å²) in [6.45, 7) is 7.01. The molecule has 0 aliphatic heterocycles. The molecule has 1 aliphatic carbocycles. The first-order chi connectivity index (χ1) is 11.6. The number of aromatic nitrogens is 1. The number of carbonyl (C=O) groups excluding carboxylic acids is 1. The average molecular weight is 399 g/mol. The molecule has 0 N–H and O–H groups in total. The zero-order valence-electron chi connectivity index (χ0n) is 14.7. The van der Waals surface area contributed by atoms with Gasteiger partial charge in [0.05, 0.1) is 0 Å². The number of halogens is 3. The number of rotatable bonds is 3. The lowest BCUT2D eigenvalue weighted by atomic mass is 9.75. The minimum Gasteiger partial charge on any atom is -0.343 e. The Balaban J connectivity index is 2.14. The number of fused-ring (bicyclic) bond motifs is 1. The first-order valence-corrected chi connectivity index (χ1v) is 9.55. The zero-order valence-corrected chi connectivity index (χ0v) is 17.0. The fourth-order valence-electron chi connectivity index (χ4n) is 3.80. The molecule has 0 amide bonds. The van der Waals surface area contributed by atoms with Gasteiger partial charge in [-0.1, -0.05) is 79.0 Å². The van der Waals surface area contributed by atoms with Crippen molar-refractivity contribution in [3.8, 4) is 0 Å². The van der Waals surface area contributed by atoms with E-state index in [9.17, 15) is 4.79 Å². The fraction of sp³-hybridized carbons (Fsp3) is 0.450. The van der Waals surface area contributed by atoms with Crippen molar-refractivity contribution in [2.24, 2.45) is 5.41 Å². The number of benzene rings is 1. The van der Waals surface area contributed by atoms with E-state index in [0.29, 0.717) is 6.42 Å². The summed E-state index contributed by atoms with van der Waals surface area (Å²) in [4.78, 5) is 12.9. The van der Waals surface area contributed by atoms with Crippen LogP contribution >= 0.6 is 34.8 Å². The third-order valence-corrected chi connectivity index (χ3v) is 5.28. The SMILES string of the molecule is Cc1c(CC(Cl)(Cl)Cl)c2c(n1Cc1ccccc1)CC(C)(C)CC2=O. The van der Waals surface area contributed by atoms with Crippen molar-refractivity contribution in [3.63, 3.8) is 0 Å². The molecule has 1 heterocycles. The van der Waals surface area contributed by atoms with Gasteiger partial charge in [0, 0.05) is 36.3 Å². The third-order valence-electron chi connectivity index (χ3n) is 4.88. The molecule has 0 atom stereocenters. The maximum absolute atomic E-state index is 12.9. The Morgan fingerprint density at radius 3 is 2.36 bits per heavy atom.